The summed E-state index contributed by atoms with van der Waals surface area (Å²) >= 11 is 0. The number of hydrogen-bond donors (Lipinski definition) is 2. The number of aromatic nitrogens is 3. The lowest BCUT2D eigenvalue weighted by molar-refractivity contribution is -0.142. The molecule has 1 spiro atoms. The fraction of sp³-hybridized carbons (Fsp3) is 0.409. The number of likely N-dealkylation sites (tertiary alicyclic amines) is 1. The van der Waals surface area contributed by atoms with Gasteiger partial charge in [-0.05, 0) is 24.1 Å². The van der Waals surface area contributed by atoms with Crippen LogP contribution in [0.2, 0.25) is 0 Å². The standard InChI is InChI=1S/C22H19F7N6O/c23-13-3-1-12(2-4-13)14(34-10-20(11-34)6-5-19(36)32-20)9-30-17-7-15(21(24,25)26)31-18-8-16(22(27,28)29)33-35(17)18/h1-4,7-8,14,30H,5-6,9-11H2,(H,32,36)/t14-/m0/s1. The Hall–Kier alpha value is -3.42. The first-order chi connectivity index (χ1) is 16.8. The summed E-state index contributed by atoms with van der Waals surface area (Å²) in [5.74, 6) is -0.876. The quantitative estimate of drug-likeness (QED) is 0.502. The predicted octanol–water partition coefficient (Wildman–Crippen LogP) is 4.02. The fourth-order valence-electron chi connectivity index (χ4n) is 4.69. The summed E-state index contributed by atoms with van der Waals surface area (Å²) in [6.07, 6.45) is -8.75. The summed E-state index contributed by atoms with van der Waals surface area (Å²) in [5, 5.41) is 9.12. The van der Waals surface area contributed by atoms with E-state index in [1.807, 2.05) is 4.90 Å². The molecule has 2 N–H and O–H groups in total. The van der Waals surface area contributed by atoms with Gasteiger partial charge in [-0.2, -0.15) is 36.0 Å². The Morgan fingerprint density at radius 3 is 2.28 bits per heavy atom. The molecule has 4 heterocycles. The Morgan fingerprint density at radius 2 is 1.69 bits per heavy atom. The molecule has 0 saturated carbocycles. The number of carbonyl (C=O) groups excluding carboxylic acids is 1. The molecule has 0 aliphatic carbocycles. The predicted molar refractivity (Wildman–Crippen MR) is 112 cm³/mol. The summed E-state index contributed by atoms with van der Waals surface area (Å²) in [6.45, 7) is 0.886. The van der Waals surface area contributed by atoms with Crippen molar-refractivity contribution in [2.45, 2.75) is 36.8 Å². The highest BCUT2D eigenvalue weighted by Crippen LogP contribution is 2.37. The Labute approximate surface area is 199 Å². The number of halogens is 7. The Bertz CT molecular complexity index is 1300. The van der Waals surface area contributed by atoms with Crippen LogP contribution in [-0.4, -0.2) is 50.6 Å². The number of fused-ring (bicyclic) bond motifs is 1. The second kappa shape index (κ2) is 8.32. The van der Waals surface area contributed by atoms with Crippen molar-refractivity contribution in [3.05, 3.63) is 59.2 Å². The highest BCUT2D eigenvalue weighted by molar-refractivity contribution is 5.79. The van der Waals surface area contributed by atoms with E-state index in [0.717, 1.165) is 0 Å². The van der Waals surface area contributed by atoms with Gasteiger partial charge in [0.25, 0.3) is 0 Å². The van der Waals surface area contributed by atoms with E-state index < -0.39 is 46.8 Å². The van der Waals surface area contributed by atoms with Crippen LogP contribution in [0, 0.1) is 5.82 Å². The van der Waals surface area contributed by atoms with Crippen molar-refractivity contribution in [3.63, 3.8) is 0 Å². The van der Waals surface area contributed by atoms with Crippen LogP contribution in [0.15, 0.2) is 36.4 Å². The van der Waals surface area contributed by atoms with E-state index in [4.69, 9.17) is 0 Å². The van der Waals surface area contributed by atoms with Crippen LogP contribution < -0.4 is 10.6 Å². The topological polar surface area (TPSA) is 74.6 Å². The van der Waals surface area contributed by atoms with Crippen molar-refractivity contribution >= 4 is 17.4 Å². The molecule has 2 fully saturated rings. The van der Waals surface area contributed by atoms with Crippen LogP contribution in [0.3, 0.4) is 0 Å². The van der Waals surface area contributed by atoms with Crippen molar-refractivity contribution in [1.82, 2.24) is 24.8 Å². The SMILES string of the molecule is O=C1CCC2(CN([C@@H](CNc3cc(C(F)(F)F)nc4cc(C(F)(F)F)nn34)c3ccc(F)cc3)C2)N1. The van der Waals surface area contributed by atoms with Crippen molar-refractivity contribution in [2.75, 3.05) is 25.0 Å². The second-order valence-corrected chi connectivity index (χ2v) is 9.00. The van der Waals surface area contributed by atoms with Crippen LogP contribution >= 0.6 is 0 Å². The van der Waals surface area contributed by atoms with E-state index in [9.17, 15) is 35.5 Å². The molecule has 2 saturated heterocycles. The van der Waals surface area contributed by atoms with Gasteiger partial charge in [0, 0.05) is 38.2 Å². The molecule has 192 valence electrons. The van der Waals surface area contributed by atoms with Crippen molar-refractivity contribution in [3.8, 4) is 0 Å². The molecule has 3 aromatic rings. The molecule has 2 aliphatic rings. The van der Waals surface area contributed by atoms with E-state index in [-0.39, 0.29) is 18.3 Å². The van der Waals surface area contributed by atoms with Crippen LogP contribution in [0.25, 0.3) is 5.65 Å². The first kappa shape index (κ1) is 24.3. The monoisotopic (exact) mass is 516 g/mol. The smallest absolute Gasteiger partial charge is 0.368 e. The summed E-state index contributed by atoms with van der Waals surface area (Å²) in [7, 11) is 0. The van der Waals surface area contributed by atoms with E-state index in [1.54, 1.807) is 0 Å². The van der Waals surface area contributed by atoms with Gasteiger partial charge in [0.05, 0.1) is 11.6 Å². The highest BCUT2D eigenvalue weighted by Gasteiger charge is 2.49. The Kier molecular flexibility index (Phi) is 5.61. The molecular formula is C22H19F7N6O. The lowest BCUT2D eigenvalue weighted by Crippen LogP contribution is -2.68. The van der Waals surface area contributed by atoms with Gasteiger partial charge in [-0.25, -0.2) is 9.37 Å². The number of nitrogens with zero attached hydrogens (tertiary/aromatic N) is 4. The maximum atomic E-state index is 13.5. The van der Waals surface area contributed by atoms with Gasteiger partial charge in [0.2, 0.25) is 5.91 Å². The van der Waals surface area contributed by atoms with Crippen LogP contribution in [0.5, 0.6) is 0 Å². The molecule has 1 aromatic carbocycles. The van der Waals surface area contributed by atoms with E-state index in [1.165, 1.54) is 24.3 Å². The first-order valence-electron chi connectivity index (χ1n) is 10.9. The van der Waals surface area contributed by atoms with Crippen molar-refractivity contribution in [1.29, 1.82) is 0 Å². The van der Waals surface area contributed by atoms with Crippen LogP contribution in [-0.2, 0) is 17.1 Å². The number of anilines is 1. The molecule has 1 atom stereocenters. The van der Waals surface area contributed by atoms with E-state index >= 15 is 0 Å². The molecule has 1 amide bonds. The number of alkyl halides is 6. The van der Waals surface area contributed by atoms with Gasteiger partial charge in [-0.15, -0.1) is 0 Å². The van der Waals surface area contributed by atoms with Gasteiger partial charge >= 0.3 is 12.4 Å². The molecule has 36 heavy (non-hydrogen) atoms. The molecule has 2 aromatic heterocycles. The maximum Gasteiger partial charge on any atom is 0.435 e. The number of nitrogens with one attached hydrogen (secondary N) is 2. The lowest BCUT2D eigenvalue weighted by atomic mass is 9.85. The maximum absolute atomic E-state index is 13.5. The van der Waals surface area contributed by atoms with Crippen molar-refractivity contribution in [2.24, 2.45) is 0 Å². The molecule has 0 radical (unpaired) electrons. The number of amides is 1. The fourth-order valence-corrected chi connectivity index (χ4v) is 4.69. The van der Waals surface area contributed by atoms with Gasteiger partial charge < -0.3 is 10.6 Å². The minimum atomic E-state index is -4.90. The number of rotatable bonds is 5. The van der Waals surface area contributed by atoms with Gasteiger partial charge in [-0.3, -0.25) is 9.69 Å². The Balaban J connectivity index is 1.46. The molecule has 5 rings (SSSR count). The summed E-state index contributed by atoms with van der Waals surface area (Å²) < 4.78 is 94.0. The summed E-state index contributed by atoms with van der Waals surface area (Å²) in [6, 6.07) is 6.09. The highest BCUT2D eigenvalue weighted by atomic mass is 19.4. The van der Waals surface area contributed by atoms with Crippen LogP contribution in [0.1, 0.15) is 35.8 Å². The normalized spacial score (nSPS) is 18.9. The van der Waals surface area contributed by atoms with Gasteiger partial charge in [0.15, 0.2) is 17.0 Å². The number of hydrogen-bond acceptors (Lipinski definition) is 5. The first-order valence-corrected chi connectivity index (χ1v) is 10.9. The zero-order chi connectivity index (χ0) is 25.9. The molecule has 2 aliphatic heterocycles. The third-order valence-electron chi connectivity index (χ3n) is 6.43. The third-order valence-corrected chi connectivity index (χ3v) is 6.43. The largest absolute Gasteiger partial charge is 0.435 e. The molecule has 0 unspecified atom stereocenters. The minimum absolute atomic E-state index is 0.0344. The van der Waals surface area contributed by atoms with E-state index in [0.29, 0.717) is 48.1 Å². The molecule has 7 nitrogen and oxygen atoms in total. The zero-order valence-electron chi connectivity index (χ0n) is 18.4. The Morgan fingerprint density at radius 1 is 1.03 bits per heavy atom. The van der Waals surface area contributed by atoms with Gasteiger partial charge in [-0.1, -0.05) is 12.1 Å². The van der Waals surface area contributed by atoms with Crippen LogP contribution in [0.4, 0.5) is 36.6 Å². The van der Waals surface area contributed by atoms with E-state index in [2.05, 4.69) is 20.7 Å². The lowest BCUT2D eigenvalue weighted by Gasteiger charge is -2.51. The summed E-state index contributed by atoms with van der Waals surface area (Å²) in [4.78, 5) is 16.9. The summed E-state index contributed by atoms with van der Waals surface area (Å²) in [5.41, 5.74) is -3.13. The molecular weight excluding hydrogens is 497 g/mol. The second-order valence-electron chi connectivity index (χ2n) is 9.00. The van der Waals surface area contributed by atoms with Crippen molar-refractivity contribution < 1.29 is 35.5 Å². The minimum Gasteiger partial charge on any atom is -0.368 e. The average Bonchev–Trinajstić information content (AvgIpc) is 3.38. The average molecular weight is 516 g/mol. The third kappa shape index (κ3) is 4.56. The molecule has 14 heteroatoms. The molecule has 0 bridgehead atoms. The zero-order valence-corrected chi connectivity index (χ0v) is 18.4. The number of benzene rings is 1. The van der Waals surface area contributed by atoms with Gasteiger partial charge in [0.1, 0.15) is 11.6 Å². The number of carbonyl (C=O) groups is 1.